The number of carbonyl (C=O) groups excluding carboxylic acids is 2. The zero-order chi connectivity index (χ0) is 15.0. The Morgan fingerprint density at radius 1 is 1.16 bits per heavy atom. The topological polar surface area (TPSA) is 105 Å². The molecule has 2 amide bonds. The van der Waals surface area contributed by atoms with Crippen LogP contribution in [0.25, 0.3) is 0 Å². The van der Waals surface area contributed by atoms with Crippen LogP contribution in [0.3, 0.4) is 0 Å². The van der Waals surface area contributed by atoms with Gasteiger partial charge in [0.2, 0.25) is 0 Å². The molecular formula is C12H22N2O5. The number of nitrogens with one attached hydrogen (secondary N) is 2. The van der Waals surface area contributed by atoms with E-state index < -0.39 is 24.0 Å². The van der Waals surface area contributed by atoms with Gasteiger partial charge in [0.25, 0.3) is 0 Å². The van der Waals surface area contributed by atoms with Gasteiger partial charge in [-0.3, -0.25) is 4.79 Å². The molecule has 0 spiro atoms. The Balaban J connectivity index is 4.26. The fourth-order valence-corrected chi connectivity index (χ4v) is 1.44. The van der Waals surface area contributed by atoms with Crippen LogP contribution in [0.5, 0.6) is 0 Å². The predicted molar refractivity (Wildman–Crippen MR) is 68.6 cm³/mol. The molecule has 110 valence electrons. The van der Waals surface area contributed by atoms with Gasteiger partial charge in [-0.25, -0.2) is 9.59 Å². The highest BCUT2D eigenvalue weighted by Gasteiger charge is 2.25. The van der Waals surface area contributed by atoms with Gasteiger partial charge in [0.15, 0.2) is 0 Å². The van der Waals surface area contributed by atoms with E-state index in [2.05, 4.69) is 15.4 Å². The maximum atomic E-state index is 11.7. The Bertz CT molecular complexity index is 330. The average molecular weight is 274 g/mol. The van der Waals surface area contributed by atoms with Gasteiger partial charge in [0.05, 0.1) is 7.11 Å². The SMILES string of the molecule is COC(=O)C(NC(=O)NC(C)CCC(=O)O)C(C)C. The third-order valence-corrected chi connectivity index (χ3v) is 2.58. The Labute approximate surface area is 112 Å². The highest BCUT2D eigenvalue weighted by molar-refractivity contribution is 5.83. The van der Waals surface area contributed by atoms with E-state index in [0.29, 0.717) is 6.42 Å². The summed E-state index contributed by atoms with van der Waals surface area (Å²) in [6.45, 7) is 5.27. The molecule has 0 aliphatic carbocycles. The maximum absolute atomic E-state index is 11.7. The van der Waals surface area contributed by atoms with Crippen molar-refractivity contribution in [3.05, 3.63) is 0 Å². The number of rotatable bonds is 7. The minimum Gasteiger partial charge on any atom is -0.481 e. The van der Waals surface area contributed by atoms with E-state index in [1.165, 1.54) is 7.11 Å². The van der Waals surface area contributed by atoms with Crippen molar-refractivity contribution in [2.45, 2.75) is 45.7 Å². The molecule has 0 bridgehead atoms. The Morgan fingerprint density at radius 3 is 2.16 bits per heavy atom. The Hall–Kier alpha value is -1.79. The largest absolute Gasteiger partial charge is 0.481 e. The molecule has 0 rings (SSSR count). The van der Waals surface area contributed by atoms with Crippen LogP contribution in [0.15, 0.2) is 0 Å². The van der Waals surface area contributed by atoms with Crippen molar-refractivity contribution in [3.8, 4) is 0 Å². The molecule has 0 aliphatic heterocycles. The van der Waals surface area contributed by atoms with Gasteiger partial charge in [-0.1, -0.05) is 13.8 Å². The molecule has 3 N–H and O–H groups in total. The molecule has 19 heavy (non-hydrogen) atoms. The summed E-state index contributed by atoms with van der Waals surface area (Å²) in [7, 11) is 1.26. The number of amides is 2. The first-order valence-corrected chi connectivity index (χ1v) is 6.14. The fourth-order valence-electron chi connectivity index (χ4n) is 1.44. The van der Waals surface area contributed by atoms with E-state index in [1.807, 2.05) is 0 Å². The molecule has 0 fully saturated rings. The van der Waals surface area contributed by atoms with E-state index in [-0.39, 0.29) is 18.4 Å². The minimum absolute atomic E-state index is 0.0218. The van der Waals surface area contributed by atoms with Crippen LogP contribution in [0.2, 0.25) is 0 Å². The second-order valence-electron chi connectivity index (χ2n) is 4.70. The highest BCUT2D eigenvalue weighted by Crippen LogP contribution is 2.04. The molecule has 2 atom stereocenters. The summed E-state index contributed by atoms with van der Waals surface area (Å²) in [4.78, 5) is 33.5. The summed E-state index contributed by atoms with van der Waals surface area (Å²) < 4.78 is 4.60. The van der Waals surface area contributed by atoms with Crippen LogP contribution >= 0.6 is 0 Å². The number of carboxylic acid groups (broad SMARTS) is 1. The van der Waals surface area contributed by atoms with Crippen LogP contribution in [-0.4, -0.2) is 42.3 Å². The normalized spacial score (nSPS) is 13.5. The number of methoxy groups -OCH3 is 1. The van der Waals surface area contributed by atoms with Crippen molar-refractivity contribution in [2.24, 2.45) is 5.92 Å². The Morgan fingerprint density at radius 2 is 1.74 bits per heavy atom. The lowest BCUT2D eigenvalue weighted by Gasteiger charge is -2.21. The van der Waals surface area contributed by atoms with Gasteiger partial charge >= 0.3 is 18.0 Å². The number of esters is 1. The van der Waals surface area contributed by atoms with Crippen LogP contribution in [-0.2, 0) is 14.3 Å². The average Bonchev–Trinajstić information content (AvgIpc) is 2.32. The number of aliphatic carboxylic acids is 1. The zero-order valence-electron chi connectivity index (χ0n) is 11.7. The summed E-state index contributed by atoms with van der Waals surface area (Å²) >= 11 is 0. The number of carbonyl (C=O) groups is 3. The van der Waals surface area contributed by atoms with Crippen LogP contribution < -0.4 is 10.6 Å². The van der Waals surface area contributed by atoms with Crippen molar-refractivity contribution < 1.29 is 24.2 Å². The molecule has 7 nitrogen and oxygen atoms in total. The van der Waals surface area contributed by atoms with E-state index in [4.69, 9.17) is 5.11 Å². The van der Waals surface area contributed by atoms with Gasteiger partial charge in [-0.2, -0.15) is 0 Å². The maximum Gasteiger partial charge on any atom is 0.328 e. The lowest BCUT2D eigenvalue weighted by Crippen LogP contribution is -2.50. The molecular weight excluding hydrogens is 252 g/mol. The van der Waals surface area contributed by atoms with Crippen molar-refractivity contribution in [1.29, 1.82) is 0 Å². The van der Waals surface area contributed by atoms with Gasteiger partial charge in [-0.05, 0) is 19.3 Å². The number of hydrogen-bond acceptors (Lipinski definition) is 4. The lowest BCUT2D eigenvalue weighted by atomic mass is 10.1. The van der Waals surface area contributed by atoms with Gasteiger partial charge in [-0.15, -0.1) is 0 Å². The standard InChI is InChI=1S/C12H22N2O5/c1-7(2)10(11(17)19-4)14-12(18)13-8(3)5-6-9(15)16/h7-8,10H,5-6H2,1-4H3,(H,15,16)(H2,13,14,18). The summed E-state index contributed by atoms with van der Waals surface area (Å²) in [5.74, 6) is -1.53. The second-order valence-corrected chi connectivity index (χ2v) is 4.70. The lowest BCUT2D eigenvalue weighted by molar-refractivity contribution is -0.144. The minimum atomic E-state index is -0.913. The van der Waals surface area contributed by atoms with Gasteiger partial charge < -0.3 is 20.5 Å². The van der Waals surface area contributed by atoms with E-state index in [0.717, 1.165) is 0 Å². The quantitative estimate of drug-likeness (QED) is 0.594. The van der Waals surface area contributed by atoms with Gasteiger partial charge in [0, 0.05) is 12.5 Å². The van der Waals surface area contributed by atoms with Crippen LogP contribution in [0.4, 0.5) is 4.79 Å². The third kappa shape index (κ3) is 7.28. The molecule has 0 aromatic rings. The summed E-state index contributed by atoms with van der Waals surface area (Å²) in [6, 6.07) is -1.53. The van der Waals surface area contributed by atoms with Crippen molar-refractivity contribution in [1.82, 2.24) is 10.6 Å². The van der Waals surface area contributed by atoms with Crippen LogP contribution in [0, 0.1) is 5.92 Å². The van der Waals surface area contributed by atoms with E-state index in [9.17, 15) is 14.4 Å². The van der Waals surface area contributed by atoms with Crippen molar-refractivity contribution >= 4 is 18.0 Å². The molecule has 0 heterocycles. The Kier molecular flexibility index (Phi) is 7.55. The van der Waals surface area contributed by atoms with Gasteiger partial charge in [0.1, 0.15) is 6.04 Å². The zero-order valence-corrected chi connectivity index (χ0v) is 11.7. The third-order valence-electron chi connectivity index (χ3n) is 2.58. The highest BCUT2D eigenvalue weighted by atomic mass is 16.5. The number of carboxylic acids is 1. The van der Waals surface area contributed by atoms with Crippen molar-refractivity contribution in [3.63, 3.8) is 0 Å². The first-order valence-electron chi connectivity index (χ1n) is 6.14. The first kappa shape index (κ1) is 17.2. The second kappa shape index (κ2) is 8.34. The number of urea groups is 1. The first-order chi connectivity index (χ1) is 8.77. The number of hydrogen-bond donors (Lipinski definition) is 3. The molecule has 0 saturated heterocycles. The van der Waals surface area contributed by atoms with E-state index in [1.54, 1.807) is 20.8 Å². The summed E-state index contributed by atoms with van der Waals surface area (Å²) in [6.07, 6.45) is 0.305. The summed E-state index contributed by atoms with van der Waals surface area (Å²) in [5, 5.41) is 13.6. The fraction of sp³-hybridized carbons (Fsp3) is 0.750. The molecule has 2 unspecified atom stereocenters. The smallest absolute Gasteiger partial charge is 0.328 e. The number of ether oxygens (including phenoxy) is 1. The molecule has 0 saturated carbocycles. The molecule has 7 heteroatoms. The summed E-state index contributed by atoms with van der Waals surface area (Å²) in [5.41, 5.74) is 0. The molecule has 0 aromatic carbocycles. The molecule has 0 aromatic heterocycles. The molecule has 0 aliphatic rings. The van der Waals surface area contributed by atoms with E-state index >= 15 is 0 Å². The van der Waals surface area contributed by atoms with Crippen LogP contribution in [0.1, 0.15) is 33.6 Å². The molecule has 0 radical (unpaired) electrons. The monoisotopic (exact) mass is 274 g/mol. The van der Waals surface area contributed by atoms with Crippen molar-refractivity contribution in [2.75, 3.05) is 7.11 Å². The predicted octanol–water partition coefficient (Wildman–Crippen LogP) is 0.736.